The van der Waals surface area contributed by atoms with Gasteiger partial charge in [-0.3, -0.25) is 0 Å². The summed E-state index contributed by atoms with van der Waals surface area (Å²) in [5.74, 6) is 0.589. The molecule has 2 aromatic carbocycles. The van der Waals surface area contributed by atoms with Gasteiger partial charge in [-0.1, -0.05) is 0 Å². The van der Waals surface area contributed by atoms with Gasteiger partial charge >= 0.3 is 11.9 Å². The molecule has 0 bridgehead atoms. The summed E-state index contributed by atoms with van der Waals surface area (Å²) in [4.78, 5) is 28.6. The van der Waals surface area contributed by atoms with Crippen LogP contribution in [0.1, 0.15) is 115 Å². The molecule has 0 saturated carbocycles. The van der Waals surface area contributed by atoms with Crippen LogP contribution in [-0.4, -0.2) is 142 Å². The van der Waals surface area contributed by atoms with Crippen molar-refractivity contribution in [2.45, 2.75) is 133 Å². The van der Waals surface area contributed by atoms with Crippen LogP contribution in [0, 0.1) is 0 Å². The highest BCUT2D eigenvalue weighted by molar-refractivity contribution is 7.19. The van der Waals surface area contributed by atoms with E-state index in [4.69, 9.17) is 66.3 Å². The van der Waals surface area contributed by atoms with E-state index in [0.717, 1.165) is 20.9 Å². The monoisotopic (exact) mass is 993 g/mol. The number of methoxy groups -OCH3 is 2. The normalized spacial score (nSPS) is 11.8. The number of rotatable bonds is 36. The molecule has 3 rings (SSSR count). The Labute approximate surface area is 414 Å². The van der Waals surface area contributed by atoms with E-state index >= 15 is 0 Å². The van der Waals surface area contributed by atoms with E-state index in [9.17, 15) is 9.59 Å². The molecule has 0 aliphatic carbocycles. The van der Waals surface area contributed by atoms with Crippen molar-refractivity contribution >= 4 is 23.3 Å². The molecule has 0 unspecified atom stereocenters. The molecule has 0 atom stereocenters. The fourth-order valence-corrected chi connectivity index (χ4v) is 7.96. The zero-order valence-electron chi connectivity index (χ0n) is 43.6. The topological polar surface area (TPSA) is 163 Å². The third-order valence-corrected chi connectivity index (χ3v) is 10.5. The quantitative estimate of drug-likeness (QED) is 0.0399. The maximum atomic E-state index is 13.6. The van der Waals surface area contributed by atoms with Crippen LogP contribution in [0.2, 0.25) is 0 Å². The molecule has 0 saturated heterocycles. The molecule has 0 N–H and O–H groups in total. The summed E-state index contributed by atoms with van der Waals surface area (Å²) in [7, 11) is 3.26. The van der Waals surface area contributed by atoms with E-state index in [1.165, 1.54) is 11.3 Å². The number of ether oxygens (including phenoxy) is 14. The van der Waals surface area contributed by atoms with Gasteiger partial charge in [-0.15, -0.1) is 11.3 Å². The molecule has 0 fully saturated rings. The van der Waals surface area contributed by atoms with E-state index in [1.54, 1.807) is 66.2 Å². The van der Waals surface area contributed by atoms with Crippen molar-refractivity contribution in [2.24, 2.45) is 0 Å². The van der Waals surface area contributed by atoms with Gasteiger partial charge in [0.2, 0.25) is 0 Å². The Hall–Kier alpha value is -4.04. The summed E-state index contributed by atoms with van der Waals surface area (Å²) in [6.07, 6.45) is -1.92. The van der Waals surface area contributed by atoms with Crippen molar-refractivity contribution in [3.05, 3.63) is 46.5 Å². The van der Waals surface area contributed by atoms with E-state index in [2.05, 4.69) is 0 Å². The highest BCUT2D eigenvalue weighted by Gasteiger charge is 2.32. The van der Waals surface area contributed by atoms with Gasteiger partial charge < -0.3 is 66.3 Å². The van der Waals surface area contributed by atoms with Crippen LogP contribution >= 0.6 is 11.3 Å². The second-order valence-electron chi connectivity index (χ2n) is 17.5. The van der Waals surface area contributed by atoms with Crippen LogP contribution < -0.4 is 18.9 Å². The Morgan fingerprint density at radius 1 is 0.391 bits per heavy atom. The second kappa shape index (κ2) is 32.0. The lowest BCUT2D eigenvalue weighted by molar-refractivity contribution is -0.00150. The van der Waals surface area contributed by atoms with Gasteiger partial charge in [0, 0.05) is 35.1 Å². The first-order valence-electron chi connectivity index (χ1n) is 24.0. The van der Waals surface area contributed by atoms with Crippen molar-refractivity contribution in [3.8, 4) is 43.9 Å². The highest BCUT2D eigenvalue weighted by atomic mass is 32.1. The number of benzene rings is 2. The lowest BCUT2D eigenvalue weighted by atomic mass is 9.98. The van der Waals surface area contributed by atoms with Gasteiger partial charge in [-0.05, 0) is 107 Å². The third kappa shape index (κ3) is 21.1. The Bertz CT molecular complexity index is 1760. The number of thiophene rings is 1. The summed E-state index contributed by atoms with van der Waals surface area (Å²) < 4.78 is 83.7. The molecule has 69 heavy (non-hydrogen) atoms. The smallest absolute Gasteiger partial charge is 0.338 e. The van der Waals surface area contributed by atoms with Gasteiger partial charge in [-0.2, -0.15) is 0 Å². The largest absolute Gasteiger partial charge is 0.490 e. The second-order valence-corrected chi connectivity index (χ2v) is 18.5. The van der Waals surface area contributed by atoms with Crippen molar-refractivity contribution in [3.63, 3.8) is 0 Å². The van der Waals surface area contributed by atoms with E-state index in [-0.39, 0.29) is 74.2 Å². The van der Waals surface area contributed by atoms with E-state index < -0.39 is 11.9 Å². The molecule has 16 nitrogen and oxygen atoms in total. The number of carbonyl (C=O) groups excluding carboxylic acids is 2. The predicted molar refractivity (Wildman–Crippen MR) is 266 cm³/mol. The lowest BCUT2D eigenvalue weighted by Gasteiger charge is -2.21. The Balaban J connectivity index is 2.41. The van der Waals surface area contributed by atoms with Crippen LogP contribution in [-0.2, 0) is 60.6 Å². The fraction of sp³-hybridized carbons (Fsp3) is 0.654. The minimum absolute atomic E-state index is 0.104. The summed E-state index contributed by atoms with van der Waals surface area (Å²) in [5.41, 5.74) is 3.27. The van der Waals surface area contributed by atoms with Crippen LogP contribution in [0.25, 0.3) is 20.9 Å². The first-order valence-corrected chi connectivity index (χ1v) is 24.8. The molecular formula is C52H80O16S. The maximum Gasteiger partial charge on any atom is 0.338 e. The van der Waals surface area contributed by atoms with Crippen molar-refractivity contribution < 1.29 is 75.9 Å². The number of esters is 2. The zero-order valence-corrected chi connectivity index (χ0v) is 44.4. The Morgan fingerprint density at radius 3 is 0.899 bits per heavy atom. The van der Waals surface area contributed by atoms with Gasteiger partial charge in [0.1, 0.15) is 23.0 Å². The van der Waals surface area contributed by atoms with Crippen molar-refractivity contribution in [1.29, 1.82) is 0 Å². The molecule has 1 aromatic heterocycles. The van der Waals surface area contributed by atoms with Crippen LogP contribution in [0.3, 0.4) is 0 Å². The minimum atomic E-state index is -0.516. The summed E-state index contributed by atoms with van der Waals surface area (Å²) in [6, 6.07) is 6.79. The molecule has 0 spiro atoms. The maximum absolute atomic E-state index is 13.6. The van der Waals surface area contributed by atoms with Gasteiger partial charge in [0.25, 0.3) is 0 Å². The van der Waals surface area contributed by atoms with Gasteiger partial charge in [-0.25, -0.2) is 9.59 Å². The molecule has 17 heteroatoms. The zero-order chi connectivity index (χ0) is 50.9. The van der Waals surface area contributed by atoms with Crippen LogP contribution in [0.15, 0.2) is 24.3 Å². The van der Waals surface area contributed by atoms with Crippen molar-refractivity contribution in [1.82, 2.24) is 0 Å². The van der Waals surface area contributed by atoms with Gasteiger partial charge in [0.05, 0.1) is 151 Å². The first kappa shape index (κ1) is 59.3. The van der Waals surface area contributed by atoms with Crippen molar-refractivity contribution in [2.75, 3.05) is 93.5 Å². The minimum Gasteiger partial charge on any atom is -0.490 e. The average molecular weight is 993 g/mol. The fourth-order valence-electron chi connectivity index (χ4n) is 6.54. The Kier molecular flexibility index (Phi) is 27.5. The Morgan fingerprint density at radius 2 is 0.652 bits per heavy atom. The molecule has 0 radical (unpaired) electrons. The summed E-state index contributed by atoms with van der Waals surface area (Å²) in [5, 5.41) is 0. The molecule has 0 aliphatic heterocycles. The molecular weight excluding hydrogens is 913 g/mol. The van der Waals surface area contributed by atoms with E-state index in [1.807, 2.05) is 55.4 Å². The van der Waals surface area contributed by atoms with Crippen LogP contribution in [0.4, 0.5) is 0 Å². The first-order chi connectivity index (χ1) is 33.0. The molecule has 0 aliphatic rings. The predicted octanol–water partition coefficient (Wildman–Crippen LogP) is 9.75. The molecule has 1 heterocycles. The van der Waals surface area contributed by atoms with Gasteiger partial charge in [0.15, 0.2) is 0 Å². The standard InChI is InChI=1S/C52H80O16S/c1-33(2)63-43-27-39(51(53)67-37(9)10)28-44(64-34(3)4)47(43)49-41(31-61-25-23-59-21-19-57-17-15-55-13)42(32-62-26-24-60-22-20-58-18-16-56-14)50(69-49)48-45(65-35(5)6)29-40(52(54)68-38(11)12)30-46(48)66-36(7)8/h27-30,33-38H,15-26,31-32H2,1-14H3. The lowest BCUT2D eigenvalue weighted by Crippen LogP contribution is -2.15. The summed E-state index contributed by atoms with van der Waals surface area (Å²) >= 11 is 1.44. The van der Waals surface area contributed by atoms with Crippen LogP contribution in [0.5, 0.6) is 23.0 Å². The highest BCUT2D eigenvalue weighted by Crippen LogP contribution is 2.54. The molecule has 3 aromatic rings. The number of hydrogen-bond donors (Lipinski definition) is 0. The number of carbonyl (C=O) groups is 2. The average Bonchev–Trinajstić information content (AvgIpc) is 3.59. The SMILES string of the molecule is COCCOCCOCCOCc1c(-c2c(OC(C)C)cc(C(=O)OC(C)C)cc2OC(C)C)sc(-c2c(OC(C)C)cc(C(=O)OC(C)C)cc2OC(C)C)c1COCCOCCOCCOC. The third-order valence-electron chi connectivity index (χ3n) is 9.15. The summed E-state index contributed by atoms with van der Waals surface area (Å²) in [6.45, 7) is 27.4. The number of hydrogen-bond acceptors (Lipinski definition) is 17. The van der Waals surface area contributed by atoms with E-state index in [0.29, 0.717) is 100 Å². The molecule has 390 valence electrons. The molecule has 0 amide bonds.